The summed E-state index contributed by atoms with van der Waals surface area (Å²) in [6, 6.07) is 1.34. The molecular formula is C10H14N2O2S. The normalized spacial score (nSPS) is 18.5. The van der Waals surface area contributed by atoms with Crippen LogP contribution in [0.3, 0.4) is 0 Å². The molecule has 1 atom stereocenters. The number of aliphatic carboxylic acids is 1. The van der Waals surface area contributed by atoms with Gasteiger partial charge in [-0.2, -0.15) is 0 Å². The number of carbonyl (C=O) groups is 1. The number of nitrogens with zero attached hydrogens (tertiary/aromatic N) is 1. The average molecular weight is 226 g/mol. The quantitative estimate of drug-likeness (QED) is 0.788. The minimum atomic E-state index is -0.925. The molecule has 0 aliphatic carbocycles. The molecule has 0 amide bonds. The molecule has 0 spiro atoms. The number of hydrogen-bond acceptors (Lipinski definition) is 4. The van der Waals surface area contributed by atoms with Crippen molar-refractivity contribution < 1.29 is 9.90 Å². The predicted octanol–water partition coefficient (Wildman–Crippen LogP) is 0.518. The molecule has 0 saturated heterocycles. The molecule has 5 heteroatoms. The Labute approximate surface area is 92.3 Å². The van der Waals surface area contributed by atoms with Gasteiger partial charge in [-0.3, -0.25) is 9.69 Å². The SMILES string of the molecule is NC(CN1CCc2sccc2C1)C(=O)O. The molecule has 1 aromatic heterocycles. The van der Waals surface area contributed by atoms with Crippen molar-refractivity contribution in [2.75, 3.05) is 13.1 Å². The van der Waals surface area contributed by atoms with Gasteiger partial charge in [0.05, 0.1) is 0 Å². The van der Waals surface area contributed by atoms with Crippen LogP contribution < -0.4 is 5.73 Å². The Bertz CT molecular complexity index is 364. The lowest BCUT2D eigenvalue weighted by Gasteiger charge is -2.27. The van der Waals surface area contributed by atoms with E-state index >= 15 is 0 Å². The molecule has 2 heterocycles. The van der Waals surface area contributed by atoms with Crippen molar-refractivity contribution in [2.24, 2.45) is 5.73 Å². The highest BCUT2D eigenvalue weighted by atomic mass is 32.1. The lowest BCUT2D eigenvalue weighted by Crippen LogP contribution is -2.44. The summed E-state index contributed by atoms with van der Waals surface area (Å²) in [5.41, 5.74) is 6.83. The highest BCUT2D eigenvalue weighted by molar-refractivity contribution is 7.10. The summed E-state index contributed by atoms with van der Waals surface area (Å²) in [6.45, 7) is 2.18. The number of carboxylic acid groups (broad SMARTS) is 1. The first-order chi connectivity index (χ1) is 7.16. The number of hydrogen-bond donors (Lipinski definition) is 2. The minimum absolute atomic E-state index is 0.435. The van der Waals surface area contributed by atoms with Crippen LogP contribution in [0.15, 0.2) is 11.4 Å². The van der Waals surface area contributed by atoms with Crippen LogP contribution in [-0.4, -0.2) is 35.1 Å². The zero-order valence-corrected chi connectivity index (χ0v) is 9.17. The standard InChI is InChI=1S/C10H14N2O2S/c11-8(10(13)14)6-12-3-1-9-7(5-12)2-4-15-9/h2,4,8H,1,3,5-6,11H2,(H,13,14). The second-order valence-electron chi connectivity index (χ2n) is 3.80. The molecule has 0 saturated carbocycles. The first-order valence-corrected chi connectivity index (χ1v) is 5.81. The fourth-order valence-corrected chi connectivity index (χ4v) is 2.71. The molecule has 1 aliphatic heterocycles. The van der Waals surface area contributed by atoms with Crippen LogP contribution in [0.4, 0.5) is 0 Å². The number of carboxylic acids is 1. The van der Waals surface area contributed by atoms with Crippen molar-refractivity contribution in [1.29, 1.82) is 0 Å². The van der Waals surface area contributed by atoms with Gasteiger partial charge < -0.3 is 10.8 Å². The molecule has 82 valence electrons. The molecule has 1 aromatic rings. The van der Waals surface area contributed by atoms with Crippen LogP contribution in [0.1, 0.15) is 10.4 Å². The van der Waals surface area contributed by atoms with Gasteiger partial charge in [0.15, 0.2) is 0 Å². The lowest BCUT2D eigenvalue weighted by atomic mass is 10.1. The average Bonchev–Trinajstić information content (AvgIpc) is 2.64. The highest BCUT2D eigenvalue weighted by Crippen LogP contribution is 2.23. The molecule has 1 unspecified atom stereocenters. The first kappa shape index (κ1) is 10.6. The second kappa shape index (κ2) is 4.30. The maximum Gasteiger partial charge on any atom is 0.321 e. The topological polar surface area (TPSA) is 66.6 Å². The summed E-state index contributed by atoms with van der Waals surface area (Å²) in [7, 11) is 0. The minimum Gasteiger partial charge on any atom is -0.480 e. The van der Waals surface area contributed by atoms with Crippen molar-refractivity contribution in [2.45, 2.75) is 19.0 Å². The van der Waals surface area contributed by atoms with E-state index in [-0.39, 0.29) is 0 Å². The van der Waals surface area contributed by atoms with Gasteiger partial charge in [0, 0.05) is 24.5 Å². The Morgan fingerprint density at radius 3 is 3.27 bits per heavy atom. The molecule has 0 fully saturated rings. The van der Waals surface area contributed by atoms with Crippen LogP contribution in [0.2, 0.25) is 0 Å². The van der Waals surface area contributed by atoms with Gasteiger partial charge in [0.25, 0.3) is 0 Å². The fraction of sp³-hybridized carbons (Fsp3) is 0.500. The molecule has 15 heavy (non-hydrogen) atoms. The van der Waals surface area contributed by atoms with Gasteiger partial charge in [-0.15, -0.1) is 11.3 Å². The van der Waals surface area contributed by atoms with E-state index in [1.54, 1.807) is 11.3 Å². The molecular weight excluding hydrogens is 212 g/mol. The zero-order chi connectivity index (χ0) is 10.8. The third kappa shape index (κ3) is 2.37. The third-order valence-electron chi connectivity index (χ3n) is 2.66. The largest absolute Gasteiger partial charge is 0.480 e. The maximum absolute atomic E-state index is 10.6. The molecule has 0 bridgehead atoms. The van der Waals surface area contributed by atoms with Crippen molar-refractivity contribution in [1.82, 2.24) is 4.90 Å². The van der Waals surface area contributed by atoms with E-state index in [0.717, 1.165) is 19.5 Å². The molecule has 4 nitrogen and oxygen atoms in total. The van der Waals surface area contributed by atoms with E-state index < -0.39 is 12.0 Å². The van der Waals surface area contributed by atoms with E-state index in [9.17, 15) is 4.79 Å². The van der Waals surface area contributed by atoms with E-state index in [1.807, 2.05) is 0 Å². The van der Waals surface area contributed by atoms with Gasteiger partial charge in [0.1, 0.15) is 6.04 Å². The zero-order valence-electron chi connectivity index (χ0n) is 8.35. The molecule has 3 N–H and O–H groups in total. The number of rotatable bonds is 3. The Balaban J connectivity index is 1.95. The number of nitrogens with two attached hydrogens (primary N) is 1. The molecule has 2 rings (SSSR count). The number of fused-ring (bicyclic) bond motifs is 1. The van der Waals surface area contributed by atoms with Gasteiger partial charge >= 0.3 is 5.97 Å². The van der Waals surface area contributed by atoms with Crippen LogP contribution >= 0.6 is 11.3 Å². The monoisotopic (exact) mass is 226 g/mol. The third-order valence-corrected chi connectivity index (χ3v) is 3.68. The van der Waals surface area contributed by atoms with Crippen LogP contribution in [0.5, 0.6) is 0 Å². The van der Waals surface area contributed by atoms with Crippen LogP contribution in [0, 0.1) is 0 Å². The van der Waals surface area contributed by atoms with Crippen molar-refractivity contribution in [3.05, 3.63) is 21.9 Å². The Morgan fingerprint density at radius 2 is 2.53 bits per heavy atom. The smallest absolute Gasteiger partial charge is 0.321 e. The van der Waals surface area contributed by atoms with Gasteiger partial charge in [-0.05, 0) is 23.4 Å². The van der Waals surface area contributed by atoms with Crippen molar-refractivity contribution >= 4 is 17.3 Å². The Kier molecular flexibility index (Phi) is 3.04. The summed E-state index contributed by atoms with van der Waals surface area (Å²) in [5, 5.41) is 10.8. The van der Waals surface area contributed by atoms with Crippen molar-refractivity contribution in [3.63, 3.8) is 0 Å². The van der Waals surface area contributed by atoms with Crippen molar-refractivity contribution in [3.8, 4) is 0 Å². The van der Waals surface area contributed by atoms with Crippen LogP contribution in [0.25, 0.3) is 0 Å². The summed E-state index contributed by atoms with van der Waals surface area (Å²) in [6.07, 6.45) is 1.01. The first-order valence-electron chi connectivity index (χ1n) is 4.93. The Hall–Kier alpha value is -0.910. The van der Waals surface area contributed by atoms with Gasteiger partial charge in [0.2, 0.25) is 0 Å². The summed E-state index contributed by atoms with van der Waals surface area (Å²) in [5.74, 6) is -0.925. The molecule has 0 radical (unpaired) electrons. The van der Waals surface area contributed by atoms with E-state index in [2.05, 4.69) is 16.3 Å². The predicted molar refractivity (Wildman–Crippen MR) is 58.9 cm³/mol. The Morgan fingerprint density at radius 1 is 1.73 bits per heavy atom. The highest BCUT2D eigenvalue weighted by Gasteiger charge is 2.21. The maximum atomic E-state index is 10.6. The summed E-state index contributed by atoms with van der Waals surface area (Å²) < 4.78 is 0. The van der Waals surface area contributed by atoms with E-state index in [0.29, 0.717) is 6.54 Å². The fourth-order valence-electron chi connectivity index (χ4n) is 1.82. The second-order valence-corrected chi connectivity index (χ2v) is 4.80. The number of thiophene rings is 1. The summed E-state index contributed by atoms with van der Waals surface area (Å²) in [4.78, 5) is 14.2. The molecule has 0 aromatic carbocycles. The summed E-state index contributed by atoms with van der Waals surface area (Å²) >= 11 is 1.78. The van der Waals surface area contributed by atoms with E-state index in [4.69, 9.17) is 10.8 Å². The molecule has 1 aliphatic rings. The lowest BCUT2D eigenvalue weighted by molar-refractivity contribution is -0.139. The van der Waals surface area contributed by atoms with Crippen LogP contribution in [-0.2, 0) is 17.8 Å². The van der Waals surface area contributed by atoms with Gasteiger partial charge in [-0.1, -0.05) is 0 Å². The van der Waals surface area contributed by atoms with Gasteiger partial charge in [-0.25, -0.2) is 0 Å². The van der Waals surface area contributed by atoms with E-state index in [1.165, 1.54) is 10.4 Å².